The van der Waals surface area contributed by atoms with Crippen molar-refractivity contribution in [3.63, 3.8) is 0 Å². The largest absolute Gasteiger partial charge is 0.383 e. The van der Waals surface area contributed by atoms with Crippen molar-refractivity contribution < 1.29 is 0 Å². The molecule has 4 heteroatoms. The fourth-order valence-corrected chi connectivity index (χ4v) is 2.32. The van der Waals surface area contributed by atoms with Crippen LogP contribution in [0.3, 0.4) is 0 Å². The Morgan fingerprint density at radius 1 is 1.21 bits per heavy atom. The number of hydrogen-bond donors (Lipinski definition) is 2. The van der Waals surface area contributed by atoms with Gasteiger partial charge >= 0.3 is 0 Å². The van der Waals surface area contributed by atoms with Crippen LogP contribution in [0.4, 0.5) is 5.82 Å². The molecule has 0 spiro atoms. The number of pyridine rings is 2. The predicted molar refractivity (Wildman–Crippen MR) is 77.7 cm³/mol. The van der Waals surface area contributed by atoms with Crippen molar-refractivity contribution in [2.75, 3.05) is 12.3 Å². The first-order valence-corrected chi connectivity index (χ1v) is 6.55. The van der Waals surface area contributed by atoms with Crippen molar-refractivity contribution in [2.45, 2.75) is 26.3 Å². The van der Waals surface area contributed by atoms with Crippen LogP contribution < -0.4 is 11.1 Å². The molecular weight excluding hydrogens is 236 g/mol. The van der Waals surface area contributed by atoms with Gasteiger partial charge in [0, 0.05) is 30.2 Å². The Kier molecular flexibility index (Phi) is 4.47. The number of nitrogens with zero attached hydrogens (tertiary/aromatic N) is 2. The van der Waals surface area contributed by atoms with E-state index < -0.39 is 0 Å². The summed E-state index contributed by atoms with van der Waals surface area (Å²) in [6.07, 6.45) is 6.27. The summed E-state index contributed by atoms with van der Waals surface area (Å²) >= 11 is 0. The number of anilines is 1. The van der Waals surface area contributed by atoms with E-state index in [0.29, 0.717) is 5.82 Å². The van der Waals surface area contributed by atoms with Gasteiger partial charge in [0.05, 0.1) is 0 Å². The lowest BCUT2D eigenvalue weighted by Crippen LogP contribution is -2.25. The van der Waals surface area contributed by atoms with E-state index in [4.69, 9.17) is 5.73 Å². The Morgan fingerprint density at radius 2 is 1.95 bits per heavy atom. The number of aromatic nitrogens is 2. The molecule has 0 bridgehead atoms. The van der Waals surface area contributed by atoms with Crippen LogP contribution >= 0.6 is 0 Å². The second-order valence-electron chi connectivity index (χ2n) is 4.60. The van der Waals surface area contributed by atoms with Crippen LogP contribution in [0.2, 0.25) is 0 Å². The Balaban J connectivity index is 2.30. The van der Waals surface area contributed by atoms with Crippen LogP contribution in [-0.4, -0.2) is 16.5 Å². The van der Waals surface area contributed by atoms with E-state index in [1.165, 1.54) is 11.1 Å². The molecule has 0 fully saturated rings. The average Bonchev–Trinajstić information content (AvgIpc) is 2.40. The molecule has 3 N–H and O–H groups in total. The van der Waals surface area contributed by atoms with Gasteiger partial charge in [0.25, 0.3) is 0 Å². The van der Waals surface area contributed by atoms with Crippen LogP contribution in [0.5, 0.6) is 0 Å². The molecule has 0 aliphatic carbocycles. The zero-order valence-electron chi connectivity index (χ0n) is 11.4. The number of hydrogen-bond acceptors (Lipinski definition) is 4. The van der Waals surface area contributed by atoms with Gasteiger partial charge in [0.2, 0.25) is 0 Å². The molecule has 2 aromatic heterocycles. The summed E-state index contributed by atoms with van der Waals surface area (Å²) in [6, 6.07) is 6.25. The summed E-state index contributed by atoms with van der Waals surface area (Å²) in [4.78, 5) is 8.26. The Hall–Kier alpha value is -1.94. The molecule has 4 nitrogen and oxygen atoms in total. The van der Waals surface area contributed by atoms with Gasteiger partial charge in [-0.05, 0) is 49.2 Å². The molecule has 2 aromatic rings. The standard InChI is InChI=1S/C15H20N4/c1-3-18-13(10-12-5-7-17-8-6-12)14-11(2)4-9-19-15(14)16/h4-9,13,18H,3,10H2,1-2H3,(H2,16,19). The van der Waals surface area contributed by atoms with Gasteiger partial charge < -0.3 is 11.1 Å². The summed E-state index contributed by atoms with van der Waals surface area (Å²) in [5.41, 5.74) is 9.55. The fraction of sp³-hybridized carbons (Fsp3) is 0.333. The van der Waals surface area contributed by atoms with Gasteiger partial charge in [0.1, 0.15) is 5.82 Å². The van der Waals surface area contributed by atoms with E-state index >= 15 is 0 Å². The van der Waals surface area contributed by atoms with Crippen molar-refractivity contribution in [1.29, 1.82) is 0 Å². The third-order valence-electron chi connectivity index (χ3n) is 3.23. The molecule has 1 atom stereocenters. The molecule has 2 rings (SSSR count). The zero-order valence-corrected chi connectivity index (χ0v) is 11.4. The minimum Gasteiger partial charge on any atom is -0.383 e. The van der Waals surface area contributed by atoms with Crippen LogP contribution in [0, 0.1) is 6.92 Å². The van der Waals surface area contributed by atoms with Gasteiger partial charge in [-0.25, -0.2) is 4.98 Å². The first-order chi connectivity index (χ1) is 9.22. The Bertz CT molecular complexity index is 505. The maximum atomic E-state index is 6.04. The highest BCUT2D eigenvalue weighted by Crippen LogP contribution is 2.25. The molecule has 0 amide bonds. The highest BCUT2D eigenvalue weighted by molar-refractivity contribution is 5.46. The van der Waals surface area contributed by atoms with Gasteiger partial charge in [-0.2, -0.15) is 0 Å². The first kappa shape index (κ1) is 13.5. The van der Waals surface area contributed by atoms with E-state index in [2.05, 4.69) is 29.1 Å². The molecule has 0 radical (unpaired) electrons. The highest BCUT2D eigenvalue weighted by Gasteiger charge is 2.17. The van der Waals surface area contributed by atoms with Crippen LogP contribution in [0.15, 0.2) is 36.8 Å². The lowest BCUT2D eigenvalue weighted by molar-refractivity contribution is 0.547. The van der Waals surface area contributed by atoms with Gasteiger partial charge in [-0.3, -0.25) is 4.98 Å². The van der Waals surface area contributed by atoms with E-state index in [1.807, 2.05) is 30.6 Å². The number of nitrogens with two attached hydrogens (primary N) is 1. The molecule has 100 valence electrons. The van der Waals surface area contributed by atoms with Crippen LogP contribution in [0.25, 0.3) is 0 Å². The summed E-state index contributed by atoms with van der Waals surface area (Å²) in [5.74, 6) is 0.611. The topological polar surface area (TPSA) is 63.8 Å². The first-order valence-electron chi connectivity index (χ1n) is 6.55. The molecule has 0 aliphatic heterocycles. The smallest absolute Gasteiger partial charge is 0.128 e. The van der Waals surface area contributed by atoms with E-state index in [9.17, 15) is 0 Å². The molecule has 0 saturated heterocycles. The van der Waals surface area contributed by atoms with Crippen molar-refractivity contribution in [3.05, 3.63) is 53.5 Å². The van der Waals surface area contributed by atoms with Crippen molar-refractivity contribution in [1.82, 2.24) is 15.3 Å². The lowest BCUT2D eigenvalue weighted by Gasteiger charge is -2.21. The summed E-state index contributed by atoms with van der Waals surface area (Å²) in [7, 11) is 0. The molecule has 1 unspecified atom stereocenters. The zero-order chi connectivity index (χ0) is 13.7. The number of rotatable bonds is 5. The fourth-order valence-electron chi connectivity index (χ4n) is 2.32. The SMILES string of the molecule is CCNC(Cc1ccncc1)c1c(C)ccnc1N. The third-order valence-corrected chi connectivity index (χ3v) is 3.23. The van der Waals surface area contributed by atoms with E-state index in [0.717, 1.165) is 18.5 Å². The maximum Gasteiger partial charge on any atom is 0.128 e. The quantitative estimate of drug-likeness (QED) is 0.861. The minimum atomic E-state index is 0.182. The highest BCUT2D eigenvalue weighted by atomic mass is 14.9. The molecule has 0 saturated carbocycles. The van der Waals surface area contributed by atoms with Crippen LogP contribution in [0.1, 0.15) is 29.7 Å². The van der Waals surface area contributed by atoms with Crippen LogP contribution in [-0.2, 0) is 6.42 Å². The maximum absolute atomic E-state index is 6.04. The van der Waals surface area contributed by atoms with E-state index in [-0.39, 0.29) is 6.04 Å². The normalized spacial score (nSPS) is 12.3. The lowest BCUT2D eigenvalue weighted by atomic mass is 9.96. The number of nitrogen functional groups attached to an aromatic ring is 1. The summed E-state index contributed by atoms with van der Waals surface area (Å²) < 4.78 is 0. The Labute approximate surface area is 114 Å². The minimum absolute atomic E-state index is 0.182. The van der Waals surface area contributed by atoms with Crippen molar-refractivity contribution >= 4 is 5.82 Å². The van der Waals surface area contributed by atoms with Gasteiger partial charge in [-0.1, -0.05) is 6.92 Å². The summed E-state index contributed by atoms with van der Waals surface area (Å²) in [6.45, 7) is 5.06. The molecule has 0 aliphatic rings. The monoisotopic (exact) mass is 256 g/mol. The second kappa shape index (κ2) is 6.29. The number of likely N-dealkylation sites (N-methyl/N-ethyl adjacent to an activating group) is 1. The average molecular weight is 256 g/mol. The van der Waals surface area contributed by atoms with Gasteiger partial charge in [-0.15, -0.1) is 0 Å². The van der Waals surface area contributed by atoms with Gasteiger partial charge in [0.15, 0.2) is 0 Å². The molecule has 0 aromatic carbocycles. The third kappa shape index (κ3) is 3.29. The molecular formula is C15H20N4. The molecule has 19 heavy (non-hydrogen) atoms. The van der Waals surface area contributed by atoms with Crippen molar-refractivity contribution in [3.8, 4) is 0 Å². The number of aryl methyl sites for hydroxylation is 1. The van der Waals surface area contributed by atoms with E-state index in [1.54, 1.807) is 6.20 Å². The van der Waals surface area contributed by atoms with Crippen molar-refractivity contribution in [2.24, 2.45) is 0 Å². The number of nitrogens with one attached hydrogen (secondary N) is 1. The molecule has 2 heterocycles. The summed E-state index contributed by atoms with van der Waals surface area (Å²) in [5, 5.41) is 3.49. The second-order valence-corrected chi connectivity index (χ2v) is 4.60. The predicted octanol–water partition coefficient (Wildman–Crippen LogP) is 2.26. The Morgan fingerprint density at radius 3 is 2.58 bits per heavy atom.